The van der Waals surface area contributed by atoms with E-state index in [1.807, 2.05) is 37.6 Å². The number of nitrogens with one attached hydrogen (secondary N) is 1. The standard InChI is InChI=1S/C21H22N4OS.ClH/c1-14(2)26-20-7-6-15(10-17(20)11-22)21-25(24-13-27-21)19-5-3-4-16-12-23-9-8-18(16)19;/h3-7,10,13-14,21,23H,8-9,12H2,1-2H3;1H. The number of nitrogens with zero attached hydrogens (tertiary/aromatic N) is 3. The molecule has 2 aromatic rings. The first kappa shape index (κ1) is 20.5. The molecule has 0 aromatic heterocycles. The fourth-order valence-electron chi connectivity index (χ4n) is 3.53. The van der Waals surface area contributed by atoms with Crippen LogP contribution in [0.5, 0.6) is 5.75 Å². The number of hydrazone groups is 1. The molecule has 5 nitrogen and oxygen atoms in total. The van der Waals surface area contributed by atoms with Gasteiger partial charge in [-0.05, 0) is 61.7 Å². The number of rotatable bonds is 4. The summed E-state index contributed by atoms with van der Waals surface area (Å²) in [7, 11) is 0. The molecule has 0 spiro atoms. The smallest absolute Gasteiger partial charge is 0.137 e. The molecule has 0 radical (unpaired) electrons. The minimum absolute atomic E-state index is 0. The Kier molecular flexibility index (Phi) is 6.50. The molecule has 4 rings (SSSR count). The van der Waals surface area contributed by atoms with Gasteiger partial charge in [0, 0.05) is 6.54 Å². The summed E-state index contributed by atoms with van der Waals surface area (Å²) in [4.78, 5) is 0. The van der Waals surface area contributed by atoms with Crippen LogP contribution in [0.25, 0.3) is 0 Å². The molecule has 28 heavy (non-hydrogen) atoms. The maximum Gasteiger partial charge on any atom is 0.137 e. The van der Waals surface area contributed by atoms with Gasteiger partial charge in [0.15, 0.2) is 0 Å². The minimum atomic E-state index is 0. The summed E-state index contributed by atoms with van der Waals surface area (Å²) < 4.78 is 5.76. The Bertz CT molecular complexity index is 925. The maximum absolute atomic E-state index is 9.55. The summed E-state index contributed by atoms with van der Waals surface area (Å²) in [6, 6.07) is 14.5. The molecule has 0 bridgehead atoms. The van der Waals surface area contributed by atoms with E-state index in [2.05, 4.69) is 39.7 Å². The van der Waals surface area contributed by atoms with Gasteiger partial charge >= 0.3 is 0 Å². The van der Waals surface area contributed by atoms with Crippen LogP contribution in [0.2, 0.25) is 0 Å². The average Bonchev–Trinajstić information content (AvgIpc) is 3.17. The van der Waals surface area contributed by atoms with Crippen molar-refractivity contribution in [2.45, 2.75) is 38.3 Å². The Balaban J connectivity index is 0.00000225. The summed E-state index contributed by atoms with van der Waals surface area (Å²) in [5.41, 5.74) is 7.35. The Morgan fingerprint density at radius 3 is 2.96 bits per heavy atom. The van der Waals surface area contributed by atoms with Crippen molar-refractivity contribution in [2.24, 2.45) is 5.10 Å². The fourth-order valence-corrected chi connectivity index (χ4v) is 4.39. The van der Waals surface area contributed by atoms with Crippen LogP contribution in [0, 0.1) is 11.3 Å². The van der Waals surface area contributed by atoms with Gasteiger partial charge in [-0.2, -0.15) is 10.4 Å². The lowest BCUT2D eigenvalue weighted by molar-refractivity contribution is 0.241. The summed E-state index contributed by atoms with van der Waals surface area (Å²) >= 11 is 1.66. The summed E-state index contributed by atoms with van der Waals surface area (Å²) in [5, 5.41) is 19.7. The lowest BCUT2D eigenvalue weighted by Gasteiger charge is -2.28. The molecule has 1 N–H and O–H groups in total. The Morgan fingerprint density at radius 2 is 2.18 bits per heavy atom. The van der Waals surface area contributed by atoms with Crippen LogP contribution in [0.15, 0.2) is 41.5 Å². The Morgan fingerprint density at radius 1 is 1.32 bits per heavy atom. The van der Waals surface area contributed by atoms with E-state index in [9.17, 15) is 5.26 Å². The molecule has 0 aliphatic carbocycles. The van der Waals surface area contributed by atoms with Crippen molar-refractivity contribution < 1.29 is 4.74 Å². The van der Waals surface area contributed by atoms with Crippen LogP contribution in [0.4, 0.5) is 5.69 Å². The zero-order valence-electron chi connectivity index (χ0n) is 15.9. The summed E-state index contributed by atoms with van der Waals surface area (Å²) in [5.74, 6) is 0.634. The number of hydrogen-bond acceptors (Lipinski definition) is 6. The monoisotopic (exact) mass is 414 g/mol. The molecule has 1 atom stereocenters. The van der Waals surface area contributed by atoms with Gasteiger partial charge < -0.3 is 10.1 Å². The zero-order chi connectivity index (χ0) is 18.8. The van der Waals surface area contributed by atoms with Crippen molar-refractivity contribution in [3.05, 3.63) is 58.7 Å². The van der Waals surface area contributed by atoms with Gasteiger partial charge in [0.05, 0.1) is 22.9 Å². The van der Waals surface area contributed by atoms with Gasteiger partial charge in [0.2, 0.25) is 0 Å². The van der Waals surface area contributed by atoms with Crippen LogP contribution in [0.1, 0.15) is 41.5 Å². The third kappa shape index (κ3) is 3.97. The van der Waals surface area contributed by atoms with Gasteiger partial charge in [0.1, 0.15) is 17.2 Å². The number of thioether (sulfide) groups is 1. The molecule has 2 aromatic carbocycles. The predicted octanol–water partition coefficient (Wildman–Crippen LogP) is 4.61. The van der Waals surface area contributed by atoms with Crippen molar-refractivity contribution in [1.29, 1.82) is 5.26 Å². The molecule has 0 amide bonds. The number of benzene rings is 2. The number of anilines is 1. The van der Waals surface area contributed by atoms with E-state index in [1.165, 1.54) is 11.1 Å². The largest absolute Gasteiger partial charge is 0.490 e. The summed E-state index contributed by atoms with van der Waals surface area (Å²) in [6.45, 7) is 5.81. The second kappa shape index (κ2) is 8.87. The average molecular weight is 415 g/mol. The highest BCUT2D eigenvalue weighted by Crippen LogP contribution is 2.42. The number of fused-ring (bicyclic) bond motifs is 1. The van der Waals surface area contributed by atoms with Crippen molar-refractivity contribution >= 4 is 35.4 Å². The topological polar surface area (TPSA) is 60.6 Å². The van der Waals surface area contributed by atoms with E-state index in [-0.39, 0.29) is 23.9 Å². The molecule has 2 heterocycles. The van der Waals surface area contributed by atoms with E-state index in [0.29, 0.717) is 11.3 Å². The fraction of sp³-hybridized carbons (Fsp3) is 0.333. The first-order valence-electron chi connectivity index (χ1n) is 9.16. The normalized spacial score (nSPS) is 17.8. The molecule has 2 aliphatic rings. The van der Waals surface area contributed by atoms with Gasteiger partial charge in [0.25, 0.3) is 0 Å². The number of ether oxygens (including phenoxy) is 1. The van der Waals surface area contributed by atoms with Gasteiger partial charge in [-0.15, -0.1) is 12.4 Å². The first-order chi connectivity index (χ1) is 13.2. The minimum Gasteiger partial charge on any atom is -0.490 e. The van der Waals surface area contributed by atoms with Crippen molar-refractivity contribution in [2.75, 3.05) is 11.6 Å². The molecule has 0 saturated carbocycles. The number of nitriles is 1. The van der Waals surface area contributed by atoms with Crippen LogP contribution in [-0.2, 0) is 13.0 Å². The number of halogens is 1. The lowest BCUT2D eigenvalue weighted by atomic mass is 9.98. The van der Waals surface area contributed by atoms with E-state index in [1.54, 1.807) is 11.8 Å². The van der Waals surface area contributed by atoms with Gasteiger partial charge in [-0.25, -0.2) is 5.01 Å². The second-order valence-electron chi connectivity index (χ2n) is 6.93. The zero-order valence-corrected chi connectivity index (χ0v) is 17.5. The maximum atomic E-state index is 9.55. The second-order valence-corrected chi connectivity index (χ2v) is 7.86. The van der Waals surface area contributed by atoms with E-state index in [0.717, 1.165) is 30.8 Å². The van der Waals surface area contributed by atoms with Gasteiger partial charge in [-0.1, -0.05) is 30.0 Å². The molecule has 0 saturated heterocycles. The highest BCUT2D eigenvalue weighted by molar-refractivity contribution is 8.12. The van der Waals surface area contributed by atoms with Crippen LogP contribution < -0.4 is 15.1 Å². The predicted molar refractivity (Wildman–Crippen MR) is 117 cm³/mol. The molecule has 7 heteroatoms. The first-order valence-corrected chi connectivity index (χ1v) is 10.1. The number of hydrogen-bond donors (Lipinski definition) is 1. The highest BCUT2D eigenvalue weighted by atomic mass is 35.5. The lowest BCUT2D eigenvalue weighted by Crippen LogP contribution is -2.26. The highest BCUT2D eigenvalue weighted by Gasteiger charge is 2.28. The molecular formula is C21H23ClN4OS. The van der Waals surface area contributed by atoms with Crippen LogP contribution in [0.3, 0.4) is 0 Å². The SMILES string of the molecule is CC(C)Oc1ccc(C2SC=NN2c2cccc3c2CCNC3)cc1C#N.Cl. The molecule has 146 valence electrons. The van der Waals surface area contributed by atoms with Crippen molar-refractivity contribution in [1.82, 2.24) is 5.32 Å². The van der Waals surface area contributed by atoms with Gasteiger partial charge in [-0.3, -0.25) is 0 Å². The Hall–Kier alpha value is -2.20. The quantitative estimate of drug-likeness (QED) is 0.791. The van der Waals surface area contributed by atoms with Crippen LogP contribution >= 0.6 is 24.2 Å². The van der Waals surface area contributed by atoms with E-state index >= 15 is 0 Å². The molecule has 0 fully saturated rings. The summed E-state index contributed by atoms with van der Waals surface area (Å²) in [6.07, 6.45) is 1.03. The van der Waals surface area contributed by atoms with Crippen molar-refractivity contribution in [3.8, 4) is 11.8 Å². The molecule has 2 aliphatic heterocycles. The van der Waals surface area contributed by atoms with Crippen molar-refractivity contribution in [3.63, 3.8) is 0 Å². The van der Waals surface area contributed by atoms with E-state index < -0.39 is 0 Å². The molecular weight excluding hydrogens is 392 g/mol. The molecule has 1 unspecified atom stereocenters. The van der Waals surface area contributed by atoms with Crippen LogP contribution in [-0.4, -0.2) is 18.2 Å². The van der Waals surface area contributed by atoms with E-state index in [4.69, 9.17) is 4.74 Å². The third-order valence-electron chi connectivity index (χ3n) is 4.72. The third-order valence-corrected chi connectivity index (χ3v) is 5.66. The Labute approximate surface area is 176 Å².